The van der Waals surface area contributed by atoms with Crippen LogP contribution in [-0.2, 0) is 4.79 Å². The Balaban J connectivity index is 2.52. The predicted octanol–water partition coefficient (Wildman–Crippen LogP) is 2.05. The number of nitrogens with one attached hydrogen (secondary N) is 1. The van der Waals surface area contributed by atoms with Gasteiger partial charge in [-0.25, -0.2) is 0 Å². The van der Waals surface area contributed by atoms with Crippen LogP contribution in [0.4, 0.5) is 0 Å². The first-order valence-electron chi connectivity index (χ1n) is 6.62. The lowest BCUT2D eigenvalue weighted by Gasteiger charge is -2.35. The Morgan fingerprint density at radius 1 is 1.38 bits per heavy atom. The minimum Gasteiger partial charge on any atom is -0.352 e. The molecule has 3 heteroatoms. The third-order valence-corrected chi connectivity index (χ3v) is 3.78. The van der Waals surface area contributed by atoms with Crippen LogP contribution in [0.15, 0.2) is 0 Å². The van der Waals surface area contributed by atoms with Crippen LogP contribution in [-0.4, -0.2) is 18.0 Å². The molecule has 0 aliphatic heterocycles. The summed E-state index contributed by atoms with van der Waals surface area (Å²) in [5, 5.41) is 3.14. The highest BCUT2D eigenvalue weighted by molar-refractivity contribution is 5.81. The number of carbonyl (C=O) groups is 1. The Bertz CT molecular complexity index is 228. The highest BCUT2D eigenvalue weighted by Gasteiger charge is 2.29. The maximum Gasteiger partial charge on any atom is 0.237 e. The summed E-state index contributed by atoms with van der Waals surface area (Å²) in [6, 6.07) is 0.00795. The van der Waals surface area contributed by atoms with Crippen LogP contribution in [0.5, 0.6) is 0 Å². The Morgan fingerprint density at radius 2 is 2.00 bits per heavy atom. The first-order valence-corrected chi connectivity index (χ1v) is 6.62. The van der Waals surface area contributed by atoms with Crippen LogP contribution < -0.4 is 11.1 Å². The van der Waals surface area contributed by atoms with Crippen molar-refractivity contribution in [1.29, 1.82) is 0 Å². The fourth-order valence-corrected chi connectivity index (χ4v) is 2.61. The molecule has 0 radical (unpaired) electrons. The summed E-state index contributed by atoms with van der Waals surface area (Å²) in [5.74, 6) is 1.30. The molecular formula is C13H26N2O. The largest absolute Gasteiger partial charge is 0.352 e. The Hall–Kier alpha value is -0.570. The second kappa shape index (κ2) is 6.24. The normalized spacial score (nSPS) is 27.8. The molecular weight excluding hydrogens is 200 g/mol. The van der Waals surface area contributed by atoms with Crippen LogP contribution in [0.3, 0.4) is 0 Å². The SMILES string of the molecule is CCC(N)C(=O)NC1CCCCC1C(C)C. The molecule has 1 saturated carbocycles. The molecule has 3 nitrogen and oxygen atoms in total. The van der Waals surface area contributed by atoms with Gasteiger partial charge in [0.25, 0.3) is 0 Å². The number of hydrogen-bond donors (Lipinski definition) is 2. The zero-order chi connectivity index (χ0) is 12.1. The number of rotatable bonds is 4. The molecule has 0 heterocycles. The first kappa shape index (κ1) is 13.5. The van der Waals surface area contributed by atoms with Crippen molar-refractivity contribution in [2.45, 2.75) is 65.0 Å². The summed E-state index contributed by atoms with van der Waals surface area (Å²) in [6.07, 6.45) is 5.60. The zero-order valence-electron chi connectivity index (χ0n) is 10.8. The smallest absolute Gasteiger partial charge is 0.237 e. The topological polar surface area (TPSA) is 55.1 Å². The molecule has 1 aliphatic rings. The van der Waals surface area contributed by atoms with Gasteiger partial charge in [0.1, 0.15) is 0 Å². The number of hydrogen-bond acceptors (Lipinski definition) is 2. The second-order valence-electron chi connectivity index (χ2n) is 5.32. The van der Waals surface area contributed by atoms with Crippen LogP contribution in [0.25, 0.3) is 0 Å². The molecule has 0 spiro atoms. The molecule has 3 unspecified atom stereocenters. The van der Waals surface area contributed by atoms with Crippen molar-refractivity contribution >= 4 is 5.91 Å². The Labute approximate surface area is 99.2 Å². The summed E-state index contributed by atoms with van der Waals surface area (Å²) >= 11 is 0. The van der Waals surface area contributed by atoms with Gasteiger partial charge in [0, 0.05) is 6.04 Å². The maximum absolute atomic E-state index is 11.8. The quantitative estimate of drug-likeness (QED) is 0.771. The molecule has 3 atom stereocenters. The molecule has 1 aliphatic carbocycles. The minimum absolute atomic E-state index is 0.0278. The van der Waals surface area contributed by atoms with E-state index < -0.39 is 0 Å². The molecule has 3 N–H and O–H groups in total. The molecule has 94 valence electrons. The highest BCUT2D eigenvalue weighted by Crippen LogP contribution is 2.30. The Kier molecular flexibility index (Phi) is 5.26. The predicted molar refractivity (Wildman–Crippen MR) is 67.0 cm³/mol. The van der Waals surface area contributed by atoms with E-state index in [4.69, 9.17) is 5.73 Å². The van der Waals surface area contributed by atoms with Crippen molar-refractivity contribution in [1.82, 2.24) is 5.32 Å². The van der Waals surface area contributed by atoms with Gasteiger partial charge in [0.15, 0.2) is 0 Å². The molecule has 0 aromatic carbocycles. The lowest BCUT2D eigenvalue weighted by Crippen LogP contribution is -2.49. The molecule has 0 saturated heterocycles. The van der Waals surface area contributed by atoms with E-state index >= 15 is 0 Å². The van der Waals surface area contributed by atoms with E-state index in [0.717, 1.165) is 6.42 Å². The fraction of sp³-hybridized carbons (Fsp3) is 0.923. The summed E-state index contributed by atoms with van der Waals surface area (Å²) in [7, 11) is 0. The first-order chi connectivity index (χ1) is 7.56. The third kappa shape index (κ3) is 3.48. The van der Waals surface area contributed by atoms with E-state index in [-0.39, 0.29) is 11.9 Å². The summed E-state index contributed by atoms with van der Waals surface area (Å²) < 4.78 is 0. The van der Waals surface area contributed by atoms with Gasteiger partial charge in [0.2, 0.25) is 5.91 Å². The summed E-state index contributed by atoms with van der Waals surface area (Å²) in [4.78, 5) is 11.8. The van der Waals surface area contributed by atoms with Crippen molar-refractivity contribution in [3.05, 3.63) is 0 Å². The third-order valence-electron chi connectivity index (χ3n) is 3.78. The number of nitrogens with two attached hydrogens (primary N) is 1. The number of amides is 1. The van der Waals surface area contributed by atoms with E-state index in [1.54, 1.807) is 0 Å². The van der Waals surface area contributed by atoms with Gasteiger partial charge in [-0.1, -0.05) is 33.6 Å². The van der Waals surface area contributed by atoms with Gasteiger partial charge in [-0.2, -0.15) is 0 Å². The average molecular weight is 226 g/mol. The van der Waals surface area contributed by atoms with Crippen molar-refractivity contribution in [3.63, 3.8) is 0 Å². The highest BCUT2D eigenvalue weighted by atomic mass is 16.2. The molecule has 1 amide bonds. The second-order valence-corrected chi connectivity index (χ2v) is 5.32. The van der Waals surface area contributed by atoms with Crippen molar-refractivity contribution in [3.8, 4) is 0 Å². The van der Waals surface area contributed by atoms with Crippen molar-refractivity contribution < 1.29 is 4.79 Å². The molecule has 1 fully saturated rings. The molecule has 0 aromatic rings. The standard InChI is InChI=1S/C13H26N2O/c1-4-11(14)13(16)15-12-8-6-5-7-10(12)9(2)3/h9-12H,4-8,14H2,1-3H3,(H,15,16). The maximum atomic E-state index is 11.8. The zero-order valence-corrected chi connectivity index (χ0v) is 10.8. The van der Waals surface area contributed by atoms with Gasteiger partial charge in [-0.15, -0.1) is 0 Å². The van der Waals surface area contributed by atoms with E-state index in [1.807, 2.05) is 6.92 Å². The molecule has 0 aromatic heterocycles. The molecule has 1 rings (SSSR count). The minimum atomic E-state index is -0.338. The van der Waals surface area contributed by atoms with Crippen LogP contribution >= 0.6 is 0 Å². The van der Waals surface area contributed by atoms with Gasteiger partial charge in [-0.05, 0) is 31.1 Å². The van der Waals surface area contributed by atoms with E-state index in [9.17, 15) is 4.79 Å². The van der Waals surface area contributed by atoms with Gasteiger partial charge >= 0.3 is 0 Å². The molecule has 0 bridgehead atoms. The fourth-order valence-electron chi connectivity index (χ4n) is 2.61. The molecule has 16 heavy (non-hydrogen) atoms. The van der Waals surface area contributed by atoms with Crippen LogP contribution in [0.1, 0.15) is 52.9 Å². The summed E-state index contributed by atoms with van der Waals surface area (Å²) in [6.45, 7) is 6.44. The van der Waals surface area contributed by atoms with E-state index in [1.165, 1.54) is 19.3 Å². The van der Waals surface area contributed by atoms with Gasteiger partial charge in [0.05, 0.1) is 6.04 Å². The average Bonchev–Trinajstić information content (AvgIpc) is 2.28. The summed E-state index contributed by atoms with van der Waals surface area (Å²) in [5.41, 5.74) is 5.74. The Morgan fingerprint density at radius 3 is 2.56 bits per heavy atom. The lowest BCUT2D eigenvalue weighted by molar-refractivity contribution is -0.123. The van der Waals surface area contributed by atoms with E-state index in [0.29, 0.717) is 24.3 Å². The lowest BCUT2D eigenvalue weighted by atomic mass is 9.78. The van der Waals surface area contributed by atoms with Gasteiger partial charge < -0.3 is 11.1 Å². The van der Waals surface area contributed by atoms with Crippen molar-refractivity contribution in [2.24, 2.45) is 17.6 Å². The van der Waals surface area contributed by atoms with E-state index in [2.05, 4.69) is 19.2 Å². The van der Waals surface area contributed by atoms with Gasteiger partial charge in [-0.3, -0.25) is 4.79 Å². The van der Waals surface area contributed by atoms with Crippen molar-refractivity contribution in [2.75, 3.05) is 0 Å². The van der Waals surface area contributed by atoms with Crippen LogP contribution in [0, 0.1) is 11.8 Å². The number of carbonyl (C=O) groups excluding carboxylic acids is 1. The monoisotopic (exact) mass is 226 g/mol. The van der Waals surface area contributed by atoms with Crippen LogP contribution in [0.2, 0.25) is 0 Å².